The first-order valence-electron chi connectivity index (χ1n) is 6.60. The van der Waals surface area contributed by atoms with Crippen LogP contribution in [0.2, 0.25) is 0 Å². The third-order valence-corrected chi connectivity index (χ3v) is 3.37. The van der Waals surface area contributed by atoms with Crippen molar-refractivity contribution in [2.75, 3.05) is 20.1 Å². The van der Waals surface area contributed by atoms with Gasteiger partial charge in [0.25, 0.3) is 0 Å². The Morgan fingerprint density at radius 1 is 1.42 bits per heavy atom. The Balaban J connectivity index is 2.72. The van der Waals surface area contributed by atoms with Gasteiger partial charge in [0, 0.05) is 26.6 Å². The minimum Gasteiger partial charge on any atom is -0.481 e. The summed E-state index contributed by atoms with van der Waals surface area (Å²) in [6.07, 6.45) is 1.20. The van der Waals surface area contributed by atoms with Gasteiger partial charge in [-0.1, -0.05) is 13.8 Å². The van der Waals surface area contributed by atoms with Gasteiger partial charge in [-0.15, -0.1) is 0 Å². The highest BCUT2D eigenvalue weighted by Gasteiger charge is 2.36. The van der Waals surface area contributed by atoms with Crippen LogP contribution in [0.3, 0.4) is 0 Å². The summed E-state index contributed by atoms with van der Waals surface area (Å²) in [6.45, 7) is 4.58. The molecular weight excluding hydrogens is 248 g/mol. The van der Waals surface area contributed by atoms with E-state index in [0.717, 1.165) is 6.42 Å². The van der Waals surface area contributed by atoms with E-state index in [-0.39, 0.29) is 30.7 Å². The fraction of sp³-hybridized carbons (Fsp3) is 0.769. The van der Waals surface area contributed by atoms with Gasteiger partial charge in [-0.2, -0.15) is 0 Å². The summed E-state index contributed by atoms with van der Waals surface area (Å²) in [7, 11) is 1.58. The zero-order chi connectivity index (χ0) is 14.6. The molecule has 0 bridgehead atoms. The van der Waals surface area contributed by atoms with Gasteiger partial charge in [-0.05, 0) is 12.3 Å². The number of aliphatic carboxylic acids is 1. The van der Waals surface area contributed by atoms with E-state index in [1.165, 1.54) is 4.90 Å². The molecule has 0 aromatic carbocycles. The summed E-state index contributed by atoms with van der Waals surface area (Å²) < 4.78 is 0. The van der Waals surface area contributed by atoms with Gasteiger partial charge in [0.15, 0.2) is 0 Å². The molecule has 19 heavy (non-hydrogen) atoms. The van der Waals surface area contributed by atoms with Crippen LogP contribution in [0.1, 0.15) is 33.1 Å². The second-order valence-corrected chi connectivity index (χ2v) is 5.28. The summed E-state index contributed by atoms with van der Waals surface area (Å²) in [5.74, 6) is -1.08. The van der Waals surface area contributed by atoms with Crippen molar-refractivity contribution in [1.82, 2.24) is 9.80 Å². The molecular formula is C13H22N2O4. The number of likely N-dealkylation sites (tertiary alicyclic amines) is 1. The number of carboxylic acids is 1. The van der Waals surface area contributed by atoms with Gasteiger partial charge in [0.1, 0.15) is 6.04 Å². The molecule has 6 nitrogen and oxygen atoms in total. The van der Waals surface area contributed by atoms with Crippen LogP contribution in [-0.2, 0) is 14.4 Å². The summed E-state index contributed by atoms with van der Waals surface area (Å²) in [6, 6.07) is -0.478. The normalized spacial score (nSPS) is 16.8. The number of carbonyl (C=O) groups is 3. The van der Waals surface area contributed by atoms with Crippen molar-refractivity contribution in [2.45, 2.75) is 39.2 Å². The van der Waals surface area contributed by atoms with E-state index >= 15 is 0 Å². The number of amides is 2. The highest BCUT2D eigenvalue weighted by molar-refractivity contribution is 5.88. The Morgan fingerprint density at radius 3 is 2.47 bits per heavy atom. The third-order valence-electron chi connectivity index (χ3n) is 3.37. The molecule has 1 atom stereocenters. The smallest absolute Gasteiger partial charge is 0.305 e. The summed E-state index contributed by atoms with van der Waals surface area (Å²) >= 11 is 0. The molecule has 1 fully saturated rings. The highest BCUT2D eigenvalue weighted by atomic mass is 16.4. The van der Waals surface area contributed by atoms with E-state index in [2.05, 4.69) is 0 Å². The van der Waals surface area contributed by atoms with Crippen molar-refractivity contribution in [3.05, 3.63) is 0 Å². The maximum atomic E-state index is 12.4. The molecule has 6 heteroatoms. The van der Waals surface area contributed by atoms with Crippen LogP contribution in [0.5, 0.6) is 0 Å². The number of likely N-dealkylation sites (N-methyl/N-ethyl adjacent to an activating group) is 1. The average Bonchev–Trinajstić information content (AvgIpc) is 2.72. The highest BCUT2D eigenvalue weighted by Crippen LogP contribution is 2.20. The maximum absolute atomic E-state index is 12.4. The first-order chi connectivity index (χ1) is 8.84. The second-order valence-electron chi connectivity index (χ2n) is 5.28. The van der Waals surface area contributed by atoms with E-state index in [9.17, 15) is 14.4 Å². The molecule has 1 heterocycles. The molecule has 1 aliphatic rings. The largest absolute Gasteiger partial charge is 0.481 e. The fourth-order valence-corrected chi connectivity index (χ4v) is 2.34. The van der Waals surface area contributed by atoms with Gasteiger partial charge in [0.05, 0.1) is 6.42 Å². The summed E-state index contributed by atoms with van der Waals surface area (Å²) in [4.78, 5) is 37.7. The molecule has 1 rings (SSSR count). The third kappa shape index (κ3) is 3.94. The SMILES string of the molecule is CC(C)[C@@H](C(=O)N(C)CCC(=O)O)N1CCCC1=O. The molecule has 0 saturated carbocycles. The molecule has 0 aromatic rings. The Hall–Kier alpha value is -1.59. The van der Waals surface area contributed by atoms with Gasteiger partial charge in [-0.25, -0.2) is 0 Å². The minimum absolute atomic E-state index is 0.0127. The lowest BCUT2D eigenvalue weighted by Gasteiger charge is -2.33. The lowest BCUT2D eigenvalue weighted by atomic mass is 10.0. The van der Waals surface area contributed by atoms with Crippen LogP contribution >= 0.6 is 0 Å². The molecule has 0 radical (unpaired) electrons. The summed E-state index contributed by atoms with van der Waals surface area (Å²) in [5.41, 5.74) is 0. The van der Waals surface area contributed by atoms with Crippen molar-refractivity contribution in [2.24, 2.45) is 5.92 Å². The summed E-state index contributed by atoms with van der Waals surface area (Å²) in [5, 5.41) is 8.64. The Labute approximate surface area is 113 Å². The number of rotatable bonds is 6. The number of carbonyl (C=O) groups excluding carboxylic acids is 2. The number of nitrogens with zero attached hydrogens (tertiary/aromatic N) is 2. The number of hydrogen-bond acceptors (Lipinski definition) is 3. The van der Waals surface area contributed by atoms with E-state index in [4.69, 9.17) is 5.11 Å². The topological polar surface area (TPSA) is 77.9 Å². The van der Waals surface area contributed by atoms with Gasteiger partial charge >= 0.3 is 5.97 Å². The van der Waals surface area contributed by atoms with Crippen molar-refractivity contribution in [1.29, 1.82) is 0 Å². The first-order valence-corrected chi connectivity index (χ1v) is 6.60. The van der Waals surface area contributed by atoms with E-state index < -0.39 is 12.0 Å². The number of carboxylic acid groups (broad SMARTS) is 1. The van der Waals surface area contributed by atoms with E-state index in [0.29, 0.717) is 13.0 Å². The lowest BCUT2D eigenvalue weighted by Crippen LogP contribution is -2.51. The van der Waals surface area contributed by atoms with Crippen molar-refractivity contribution in [3.63, 3.8) is 0 Å². The molecule has 1 saturated heterocycles. The monoisotopic (exact) mass is 270 g/mol. The van der Waals surface area contributed by atoms with Crippen LogP contribution < -0.4 is 0 Å². The molecule has 1 N–H and O–H groups in total. The zero-order valence-corrected chi connectivity index (χ0v) is 11.8. The van der Waals surface area contributed by atoms with Gasteiger partial charge in [0.2, 0.25) is 11.8 Å². The van der Waals surface area contributed by atoms with E-state index in [1.807, 2.05) is 13.8 Å². The Kier molecular flexibility index (Phi) is 5.32. The Bertz CT molecular complexity index is 368. The quantitative estimate of drug-likeness (QED) is 0.765. The van der Waals surface area contributed by atoms with Gasteiger partial charge < -0.3 is 14.9 Å². The molecule has 1 aliphatic heterocycles. The molecule has 108 valence electrons. The molecule has 0 aliphatic carbocycles. The van der Waals surface area contributed by atoms with Crippen molar-refractivity contribution in [3.8, 4) is 0 Å². The minimum atomic E-state index is -0.932. The standard InChI is InChI=1S/C13H22N2O4/c1-9(2)12(15-7-4-5-10(15)16)13(19)14(3)8-6-11(17)18/h9,12H,4-8H2,1-3H3,(H,17,18)/t12-/m0/s1. The molecule has 2 amide bonds. The fourth-order valence-electron chi connectivity index (χ4n) is 2.34. The second kappa shape index (κ2) is 6.54. The van der Waals surface area contributed by atoms with Crippen LogP contribution in [0.25, 0.3) is 0 Å². The predicted molar refractivity (Wildman–Crippen MR) is 69.5 cm³/mol. The van der Waals surface area contributed by atoms with Crippen molar-refractivity contribution < 1.29 is 19.5 Å². The molecule has 0 spiro atoms. The van der Waals surface area contributed by atoms with Crippen LogP contribution in [0.4, 0.5) is 0 Å². The molecule has 0 unspecified atom stereocenters. The maximum Gasteiger partial charge on any atom is 0.305 e. The first kappa shape index (κ1) is 15.5. The molecule has 0 aromatic heterocycles. The zero-order valence-electron chi connectivity index (χ0n) is 11.8. The van der Waals surface area contributed by atoms with Crippen LogP contribution in [0, 0.1) is 5.92 Å². The average molecular weight is 270 g/mol. The van der Waals surface area contributed by atoms with Crippen LogP contribution in [0.15, 0.2) is 0 Å². The van der Waals surface area contributed by atoms with Crippen molar-refractivity contribution >= 4 is 17.8 Å². The Morgan fingerprint density at radius 2 is 2.05 bits per heavy atom. The van der Waals surface area contributed by atoms with Crippen LogP contribution in [-0.4, -0.2) is 58.9 Å². The van der Waals surface area contributed by atoms with E-state index in [1.54, 1.807) is 11.9 Å². The number of hydrogen-bond donors (Lipinski definition) is 1. The predicted octanol–water partition coefficient (Wildman–Crippen LogP) is 0.566. The van der Waals surface area contributed by atoms with Gasteiger partial charge in [-0.3, -0.25) is 14.4 Å². The lowest BCUT2D eigenvalue weighted by molar-refractivity contribution is -0.145.